The Balaban J connectivity index is 1.04. The summed E-state index contributed by atoms with van der Waals surface area (Å²) in [5.41, 5.74) is 1.55. The van der Waals surface area contributed by atoms with Crippen molar-refractivity contribution in [1.82, 2.24) is 9.88 Å². The van der Waals surface area contributed by atoms with Gasteiger partial charge in [-0.15, -0.1) is 11.3 Å². The van der Waals surface area contributed by atoms with Gasteiger partial charge in [-0.25, -0.2) is 9.78 Å². The van der Waals surface area contributed by atoms with E-state index in [0.29, 0.717) is 27.7 Å². The van der Waals surface area contributed by atoms with Crippen molar-refractivity contribution in [2.24, 2.45) is 29.6 Å². The number of thiazole rings is 1. The van der Waals surface area contributed by atoms with Crippen LogP contribution in [-0.4, -0.2) is 58.6 Å². The predicted octanol–water partition coefficient (Wildman–Crippen LogP) is 8.91. The molecule has 4 saturated carbocycles. The average Bonchev–Trinajstić information content (AvgIpc) is 3.79. The molecule has 4 heterocycles. The minimum Gasteiger partial charge on any atom is -0.478 e. The number of aliphatic carboxylic acids is 1. The van der Waals surface area contributed by atoms with Crippen LogP contribution in [0.3, 0.4) is 0 Å². The molecule has 0 radical (unpaired) electrons. The van der Waals surface area contributed by atoms with Crippen molar-refractivity contribution in [2.75, 3.05) is 29.9 Å². The third kappa shape index (κ3) is 5.59. The fourth-order valence-electron chi connectivity index (χ4n) is 9.45. The highest BCUT2D eigenvalue weighted by molar-refractivity contribution is 7.21. The monoisotopic (exact) mass is 716 g/mol. The molecule has 0 spiro atoms. The van der Waals surface area contributed by atoms with E-state index in [-0.39, 0.29) is 21.2 Å². The number of benzene rings is 1. The minimum atomic E-state index is -1.07. The molecular weight excluding hydrogens is 683 g/mol. The molecule has 9 rings (SSSR count). The second-order valence-electron chi connectivity index (χ2n) is 13.9. The minimum absolute atomic E-state index is 0.0877. The largest absolute Gasteiger partial charge is 0.478 e. The van der Waals surface area contributed by atoms with Gasteiger partial charge in [0.2, 0.25) is 0 Å². The van der Waals surface area contributed by atoms with E-state index in [1.54, 1.807) is 11.3 Å². The average molecular weight is 718 g/mol. The molecule has 4 aliphatic carbocycles. The van der Waals surface area contributed by atoms with Gasteiger partial charge in [0.15, 0.2) is 5.13 Å². The molecule has 2 saturated heterocycles. The highest BCUT2D eigenvalue weighted by atomic mass is 35.5. The Kier molecular flexibility index (Phi) is 8.18. The van der Waals surface area contributed by atoms with E-state index in [1.165, 1.54) is 81.5 Å². The highest BCUT2D eigenvalue weighted by Gasteiger charge is 2.54. The zero-order chi connectivity index (χ0) is 31.9. The summed E-state index contributed by atoms with van der Waals surface area (Å²) in [6.07, 6.45) is 9.88. The fourth-order valence-corrected chi connectivity index (χ4v) is 12.2. The first-order valence-electron chi connectivity index (χ1n) is 16.1. The number of likely N-dealkylation sites (tertiary alicyclic amines) is 1. The van der Waals surface area contributed by atoms with Crippen molar-refractivity contribution in [3.8, 4) is 10.6 Å². The Labute approximate surface area is 291 Å². The van der Waals surface area contributed by atoms with Gasteiger partial charge in [0.05, 0.1) is 19.9 Å². The number of hydrogen-bond donors (Lipinski definition) is 2. The number of halogens is 3. The van der Waals surface area contributed by atoms with Gasteiger partial charge >= 0.3 is 5.97 Å². The van der Waals surface area contributed by atoms with Gasteiger partial charge in [0.25, 0.3) is 5.91 Å². The van der Waals surface area contributed by atoms with E-state index in [4.69, 9.17) is 39.8 Å². The summed E-state index contributed by atoms with van der Waals surface area (Å²) in [7, 11) is 0. The number of amides is 1. The van der Waals surface area contributed by atoms with E-state index in [0.717, 1.165) is 58.4 Å². The Morgan fingerprint density at radius 2 is 1.70 bits per heavy atom. The summed E-state index contributed by atoms with van der Waals surface area (Å²) in [5.74, 6) is 2.89. The van der Waals surface area contributed by atoms with Crippen LogP contribution >= 0.6 is 57.5 Å². The molecule has 2 aromatic heterocycles. The molecule has 6 aliphatic rings. The van der Waals surface area contributed by atoms with Gasteiger partial charge in [-0.2, -0.15) is 0 Å². The van der Waals surface area contributed by atoms with E-state index in [2.05, 4.69) is 15.1 Å². The number of hydrogen-bond acceptors (Lipinski definition) is 7. The van der Waals surface area contributed by atoms with Gasteiger partial charge < -0.3 is 10.0 Å². The molecule has 2 aliphatic heterocycles. The number of nitrogens with zero attached hydrogens (tertiary/aromatic N) is 3. The molecule has 2 N–H and O–H groups in total. The molecule has 3 aromatic rings. The summed E-state index contributed by atoms with van der Waals surface area (Å²) in [4.78, 5) is 36.0. The normalized spacial score (nSPS) is 30.3. The molecule has 2 atom stereocenters. The quantitative estimate of drug-likeness (QED) is 0.238. The second-order valence-corrected chi connectivity index (χ2v) is 17.1. The lowest BCUT2D eigenvalue weighted by molar-refractivity contribution is -0.132. The predicted molar refractivity (Wildman–Crippen MR) is 188 cm³/mol. The van der Waals surface area contributed by atoms with E-state index in [1.807, 2.05) is 11.4 Å². The van der Waals surface area contributed by atoms with Crippen LogP contribution in [0.1, 0.15) is 61.4 Å². The number of carboxylic acids is 1. The lowest BCUT2D eigenvalue weighted by Gasteiger charge is -2.57. The number of rotatable bonds is 7. The van der Waals surface area contributed by atoms with Crippen LogP contribution in [0.25, 0.3) is 16.6 Å². The zero-order valence-corrected chi connectivity index (χ0v) is 29.2. The number of carboxylic acid groups (broad SMARTS) is 1. The Morgan fingerprint density at radius 1 is 1.00 bits per heavy atom. The lowest BCUT2D eigenvalue weighted by atomic mass is 9.54. The highest BCUT2D eigenvalue weighted by Crippen LogP contribution is 2.57. The maximum atomic E-state index is 13.4. The van der Waals surface area contributed by atoms with Crippen molar-refractivity contribution in [2.45, 2.75) is 57.5 Å². The maximum Gasteiger partial charge on any atom is 0.331 e. The van der Waals surface area contributed by atoms with E-state index >= 15 is 0 Å². The lowest BCUT2D eigenvalue weighted by Crippen LogP contribution is -2.57. The molecule has 1 aromatic carbocycles. The summed E-state index contributed by atoms with van der Waals surface area (Å²) >= 11 is 22.3. The number of fused-ring (bicyclic) bond motifs is 1. The number of thiophene rings is 1. The molecular formula is C34H35Cl3N4O3S2. The van der Waals surface area contributed by atoms with E-state index < -0.39 is 11.9 Å². The number of carbonyl (C=O) groups excluding carboxylic acids is 1. The second kappa shape index (κ2) is 12.1. The van der Waals surface area contributed by atoms with Crippen LogP contribution in [-0.2, 0) is 4.79 Å². The Bertz CT molecular complexity index is 1700. The maximum absolute atomic E-state index is 13.4. The first-order chi connectivity index (χ1) is 22.1. The number of anilines is 2. The summed E-state index contributed by atoms with van der Waals surface area (Å²) in [6.45, 7) is 4.66. The van der Waals surface area contributed by atoms with Crippen LogP contribution in [0.2, 0.25) is 15.1 Å². The van der Waals surface area contributed by atoms with Gasteiger partial charge in [-0.1, -0.05) is 46.1 Å². The topological polar surface area (TPSA) is 85.8 Å². The van der Waals surface area contributed by atoms with Crippen LogP contribution in [0.15, 0.2) is 29.2 Å². The van der Waals surface area contributed by atoms with Gasteiger partial charge in [0, 0.05) is 47.3 Å². The zero-order valence-electron chi connectivity index (χ0n) is 25.3. The number of nitrogens with one attached hydrogen (secondary N) is 1. The molecule has 4 bridgehead atoms. The van der Waals surface area contributed by atoms with Crippen molar-refractivity contribution in [3.63, 3.8) is 0 Å². The van der Waals surface area contributed by atoms with Crippen molar-refractivity contribution in [3.05, 3.63) is 55.3 Å². The standard InChI is InChI=1S/C34H35Cl3N4O3S2/c1-16(33(43)44)4-24-25(36)10-22(11-26(24)37)31(42)39-34-38-29(28-12-23(35)15-45-28)32(46-34)40-13-19-2-3-41(27(19)14-40)30-20-6-17-5-18(8-20)9-21(30)7-17/h4,10-12,15,17-21,27,30H,2-3,5-9,13-14H2,1H3,(H,43,44)(H,38,39,42)/b16-4+. The number of aromatic nitrogens is 1. The van der Waals surface area contributed by atoms with Crippen LogP contribution in [0, 0.1) is 29.6 Å². The summed E-state index contributed by atoms with van der Waals surface area (Å²) in [6, 6.07) is 6.25. The van der Waals surface area contributed by atoms with Crippen LogP contribution in [0.5, 0.6) is 0 Å². The Hall–Kier alpha value is -2.14. The summed E-state index contributed by atoms with van der Waals surface area (Å²) in [5, 5.41) is 16.8. The SMILES string of the molecule is C/C(=C\c1c(Cl)cc(C(=O)Nc2nc(-c3cc(Cl)cs3)c(N3CC4CCN(C5C6CC7CC(C6)CC5C7)C4C3)s2)cc1Cl)C(=O)O. The van der Waals surface area contributed by atoms with Crippen LogP contribution in [0.4, 0.5) is 10.1 Å². The van der Waals surface area contributed by atoms with Crippen LogP contribution < -0.4 is 10.2 Å². The summed E-state index contributed by atoms with van der Waals surface area (Å²) < 4.78 is 0. The van der Waals surface area contributed by atoms with E-state index in [9.17, 15) is 14.7 Å². The van der Waals surface area contributed by atoms with Gasteiger partial charge in [-0.3, -0.25) is 15.0 Å². The first kappa shape index (κ1) is 31.1. The Morgan fingerprint density at radius 3 is 2.33 bits per heavy atom. The molecule has 2 unspecified atom stereocenters. The molecule has 242 valence electrons. The van der Waals surface area contributed by atoms with Crippen molar-refractivity contribution < 1.29 is 14.7 Å². The molecule has 46 heavy (non-hydrogen) atoms. The third-order valence-electron chi connectivity index (χ3n) is 11.1. The van der Waals surface area contributed by atoms with Crippen molar-refractivity contribution in [1.29, 1.82) is 0 Å². The molecule has 12 heteroatoms. The van der Waals surface area contributed by atoms with Crippen molar-refractivity contribution >= 4 is 85.6 Å². The smallest absolute Gasteiger partial charge is 0.331 e. The molecule has 1 amide bonds. The molecule has 6 fully saturated rings. The number of carbonyl (C=O) groups is 2. The third-order valence-corrected chi connectivity index (χ3v) is 14.0. The molecule has 7 nitrogen and oxygen atoms in total. The van der Waals surface area contributed by atoms with Gasteiger partial charge in [-0.05, 0) is 106 Å². The first-order valence-corrected chi connectivity index (χ1v) is 18.9. The fraction of sp³-hybridized carbons (Fsp3) is 0.500. The van der Waals surface area contributed by atoms with Gasteiger partial charge in [0.1, 0.15) is 10.7 Å².